The summed E-state index contributed by atoms with van der Waals surface area (Å²) in [7, 11) is 2.12. The second kappa shape index (κ2) is 15.1. The van der Waals surface area contributed by atoms with E-state index in [-0.39, 0.29) is 30.2 Å². The summed E-state index contributed by atoms with van der Waals surface area (Å²) in [5.74, 6) is -0.110. The molecule has 3 saturated heterocycles. The minimum absolute atomic E-state index is 0.0410. The maximum absolute atomic E-state index is 14.0. The van der Waals surface area contributed by atoms with Crippen LogP contribution in [-0.2, 0) is 11.3 Å². The zero-order chi connectivity index (χ0) is 29.4. The first-order valence-corrected chi connectivity index (χ1v) is 15.2. The van der Waals surface area contributed by atoms with Gasteiger partial charge in [-0.1, -0.05) is 29.3 Å². The Balaban J connectivity index is 0.000000367. The lowest BCUT2D eigenvalue weighted by atomic mass is 9.90. The lowest BCUT2D eigenvalue weighted by molar-refractivity contribution is -0.131. The molecule has 0 aliphatic carbocycles. The summed E-state index contributed by atoms with van der Waals surface area (Å²) in [4.78, 5) is 37.4. The summed E-state index contributed by atoms with van der Waals surface area (Å²) in [5.41, 5.74) is 3.00. The van der Waals surface area contributed by atoms with Crippen molar-refractivity contribution in [2.45, 2.75) is 45.1 Å². The molecule has 2 aromatic rings. The summed E-state index contributed by atoms with van der Waals surface area (Å²) in [5, 5.41) is 4.17. The number of likely N-dealkylation sites (N-methyl/N-ethyl adjacent to an activating group) is 1. The number of hydrogen-bond acceptors (Lipinski definition) is 5. The highest BCUT2D eigenvalue weighted by Gasteiger charge is 2.28. The largest absolute Gasteiger partial charge is 0.341 e. The van der Waals surface area contributed by atoms with Crippen molar-refractivity contribution in [1.82, 2.24) is 29.9 Å². The molecule has 1 aromatic carbocycles. The molecule has 0 radical (unpaired) electrons. The van der Waals surface area contributed by atoms with Crippen LogP contribution in [0.15, 0.2) is 30.5 Å². The van der Waals surface area contributed by atoms with Crippen LogP contribution in [0, 0.1) is 12.7 Å². The number of carbonyl (C=O) groups is 2. The van der Waals surface area contributed by atoms with E-state index in [0.717, 1.165) is 93.3 Å². The number of nitrogens with one attached hydrogen (secondary N) is 1. The average molecular weight is 608 g/mol. The van der Waals surface area contributed by atoms with Crippen LogP contribution in [0.2, 0.25) is 10.0 Å². The summed E-state index contributed by atoms with van der Waals surface area (Å²) in [6, 6.07) is 6.94. The van der Waals surface area contributed by atoms with Gasteiger partial charge in [0.15, 0.2) is 0 Å². The molecule has 3 aliphatic rings. The van der Waals surface area contributed by atoms with E-state index in [4.69, 9.17) is 23.2 Å². The van der Waals surface area contributed by atoms with Crippen LogP contribution in [-0.4, -0.2) is 102 Å². The number of hydrogen-bond donors (Lipinski definition) is 1. The molecule has 8 nitrogen and oxygen atoms in total. The van der Waals surface area contributed by atoms with Crippen LogP contribution in [0.5, 0.6) is 0 Å². The second-order valence-corrected chi connectivity index (χ2v) is 12.0. The van der Waals surface area contributed by atoms with Crippen molar-refractivity contribution in [2.24, 2.45) is 0 Å². The Labute approximate surface area is 252 Å². The minimum atomic E-state index is -0.292. The summed E-state index contributed by atoms with van der Waals surface area (Å²) in [6.45, 7) is 9.51. The Morgan fingerprint density at radius 1 is 0.976 bits per heavy atom. The van der Waals surface area contributed by atoms with Gasteiger partial charge >= 0.3 is 6.03 Å². The number of aryl methyl sites for hydroxylation is 1. The van der Waals surface area contributed by atoms with Crippen LogP contribution in [0.1, 0.15) is 48.4 Å². The van der Waals surface area contributed by atoms with Gasteiger partial charge in [-0.15, -0.1) is 0 Å². The Morgan fingerprint density at radius 2 is 1.66 bits per heavy atom. The fraction of sp³-hybridized carbons (Fsp3) is 0.567. The molecule has 41 heavy (non-hydrogen) atoms. The number of halogens is 3. The quantitative estimate of drug-likeness (QED) is 0.530. The van der Waals surface area contributed by atoms with Gasteiger partial charge in [0, 0.05) is 80.6 Å². The van der Waals surface area contributed by atoms with Gasteiger partial charge in [0.2, 0.25) is 5.91 Å². The van der Waals surface area contributed by atoms with Gasteiger partial charge in [-0.05, 0) is 69.0 Å². The van der Waals surface area contributed by atoms with Crippen molar-refractivity contribution in [1.29, 1.82) is 0 Å². The normalized spacial score (nSPS) is 18.7. The number of rotatable bonds is 5. The number of aromatic nitrogens is 1. The number of nitrogens with zero attached hydrogens (tertiary/aromatic N) is 5. The first kappa shape index (κ1) is 31.5. The monoisotopic (exact) mass is 606 g/mol. The number of urea groups is 1. The topological polar surface area (TPSA) is 72.0 Å². The minimum Gasteiger partial charge on any atom is -0.341 e. The highest BCUT2D eigenvalue weighted by atomic mass is 35.5. The number of carbonyl (C=O) groups excluding carboxylic acids is 2. The maximum Gasteiger partial charge on any atom is 0.317 e. The molecule has 3 amide bonds. The second-order valence-electron chi connectivity index (χ2n) is 11.2. The molecule has 3 aliphatic heterocycles. The fourth-order valence-electron chi connectivity index (χ4n) is 5.50. The number of amides is 3. The molecule has 4 heterocycles. The van der Waals surface area contributed by atoms with E-state index in [9.17, 15) is 14.0 Å². The molecule has 5 rings (SSSR count). The van der Waals surface area contributed by atoms with E-state index in [2.05, 4.69) is 27.1 Å². The van der Waals surface area contributed by atoms with Crippen molar-refractivity contribution in [3.8, 4) is 0 Å². The highest BCUT2D eigenvalue weighted by molar-refractivity contribution is 6.35. The van der Waals surface area contributed by atoms with Crippen molar-refractivity contribution in [3.63, 3.8) is 0 Å². The Kier molecular flexibility index (Phi) is 11.6. The predicted octanol–water partition coefficient (Wildman–Crippen LogP) is 4.78. The molecule has 0 atom stereocenters. The summed E-state index contributed by atoms with van der Waals surface area (Å²) in [6.07, 6.45) is 4.99. The fourth-order valence-corrected chi connectivity index (χ4v) is 5.91. The van der Waals surface area contributed by atoms with E-state index in [1.54, 1.807) is 17.0 Å². The van der Waals surface area contributed by atoms with Crippen LogP contribution in [0.3, 0.4) is 0 Å². The predicted molar refractivity (Wildman–Crippen MR) is 161 cm³/mol. The van der Waals surface area contributed by atoms with Crippen molar-refractivity contribution >= 4 is 35.1 Å². The van der Waals surface area contributed by atoms with E-state index < -0.39 is 0 Å². The number of likely N-dealkylation sites (tertiary alicyclic amines) is 2. The van der Waals surface area contributed by atoms with Gasteiger partial charge in [0.25, 0.3) is 0 Å². The molecule has 224 valence electrons. The van der Waals surface area contributed by atoms with Crippen LogP contribution in [0.25, 0.3) is 0 Å². The maximum atomic E-state index is 14.0. The third-order valence-corrected chi connectivity index (χ3v) is 8.75. The van der Waals surface area contributed by atoms with Crippen molar-refractivity contribution in [3.05, 3.63) is 63.1 Å². The van der Waals surface area contributed by atoms with E-state index in [0.29, 0.717) is 18.1 Å². The van der Waals surface area contributed by atoms with Gasteiger partial charge in [-0.2, -0.15) is 0 Å². The molecular weight excluding hydrogens is 566 g/mol. The van der Waals surface area contributed by atoms with Crippen LogP contribution >= 0.6 is 23.2 Å². The third-order valence-electron chi connectivity index (χ3n) is 8.11. The van der Waals surface area contributed by atoms with Gasteiger partial charge in [0.1, 0.15) is 5.82 Å². The smallest absolute Gasteiger partial charge is 0.317 e. The SMILES string of the molecule is CN1CCN(Cc2cc(F)cnc2C2CCN(C(=O)CNC(=O)N3CCCC3)CC2)CC1.Cc1ccc(Cl)cc1Cl. The molecule has 0 unspecified atom stereocenters. The number of pyridine rings is 1. The Morgan fingerprint density at radius 3 is 2.29 bits per heavy atom. The first-order chi connectivity index (χ1) is 19.7. The Hall–Kier alpha value is -2.46. The third kappa shape index (κ3) is 9.26. The van der Waals surface area contributed by atoms with Crippen molar-refractivity contribution < 1.29 is 14.0 Å². The molecule has 1 aromatic heterocycles. The van der Waals surface area contributed by atoms with Gasteiger partial charge in [-0.3, -0.25) is 14.7 Å². The van der Waals surface area contributed by atoms with Crippen molar-refractivity contribution in [2.75, 3.05) is 66.0 Å². The number of benzene rings is 1. The van der Waals surface area contributed by atoms with Crippen LogP contribution < -0.4 is 5.32 Å². The van der Waals surface area contributed by atoms with Crippen LogP contribution in [0.4, 0.5) is 9.18 Å². The molecule has 1 N–H and O–H groups in total. The average Bonchev–Trinajstić information content (AvgIpc) is 3.51. The van der Waals surface area contributed by atoms with E-state index >= 15 is 0 Å². The summed E-state index contributed by atoms with van der Waals surface area (Å²) >= 11 is 11.4. The van der Waals surface area contributed by atoms with E-state index in [1.807, 2.05) is 24.0 Å². The molecule has 0 spiro atoms. The summed E-state index contributed by atoms with van der Waals surface area (Å²) < 4.78 is 14.0. The van der Waals surface area contributed by atoms with Gasteiger partial charge < -0.3 is 20.0 Å². The van der Waals surface area contributed by atoms with Gasteiger partial charge in [0.05, 0.1) is 12.7 Å². The van der Waals surface area contributed by atoms with E-state index in [1.165, 1.54) is 6.20 Å². The molecule has 0 saturated carbocycles. The molecule has 11 heteroatoms. The zero-order valence-corrected chi connectivity index (χ0v) is 25.6. The number of piperazine rings is 1. The first-order valence-electron chi connectivity index (χ1n) is 14.5. The Bertz CT molecular complexity index is 1180. The molecule has 3 fully saturated rings. The van der Waals surface area contributed by atoms with Gasteiger partial charge in [-0.25, -0.2) is 9.18 Å². The zero-order valence-electron chi connectivity index (χ0n) is 24.1. The molecule has 0 bridgehead atoms. The number of piperidine rings is 1. The standard InChI is InChI=1S/C23H35FN6O2.C7H6Cl2/c1-27-10-12-28(13-11-27)17-19-14-20(24)15-25-22(19)18-4-8-29(9-5-18)21(31)16-26-23(32)30-6-2-3-7-30;1-5-2-3-6(8)4-7(5)9/h14-15,18H,2-13,16-17H2,1H3,(H,26,32);2-4H,1H3. The molecular formula is C30H41Cl2FN6O2. The lowest BCUT2D eigenvalue weighted by Crippen LogP contribution is -2.46. The lowest BCUT2D eigenvalue weighted by Gasteiger charge is -2.35. The highest BCUT2D eigenvalue weighted by Crippen LogP contribution is 2.30.